The summed E-state index contributed by atoms with van der Waals surface area (Å²) in [6.45, 7) is 5.59. The number of nitrogens with one attached hydrogen (secondary N) is 1. The molecule has 0 spiro atoms. The number of aryl methyl sites for hydroxylation is 1. The summed E-state index contributed by atoms with van der Waals surface area (Å²) < 4.78 is 56.5. The highest BCUT2D eigenvalue weighted by Gasteiger charge is 2.35. The van der Waals surface area contributed by atoms with Gasteiger partial charge in [0, 0.05) is 35.8 Å². The highest BCUT2D eigenvalue weighted by molar-refractivity contribution is 6.06. The number of allylic oxidation sites excluding steroid dienone is 2. The molecule has 0 fully saturated rings. The van der Waals surface area contributed by atoms with Crippen molar-refractivity contribution in [3.63, 3.8) is 0 Å². The van der Waals surface area contributed by atoms with Gasteiger partial charge in [-0.15, -0.1) is 0 Å². The van der Waals surface area contributed by atoms with Gasteiger partial charge in [-0.2, -0.15) is 13.2 Å². The number of carbonyl (C=O) groups excluding carboxylic acids is 1. The maximum Gasteiger partial charge on any atom is 0.417 e. The lowest BCUT2D eigenvalue weighted by molar-refractivity contribution is -0.137. The van der Waals surface area contributed by atoms with E-state index in [-0.39, 0.29) is 5.69 Å². The van der Waals surface area contributed by atoms with Gasteiger partial charge in [-0.05, 0) is 61.0 Å². The van der Waals surface area contributed by atoms with Crippen LogP contribution in [0.1, 0.15) is 33.0 Å². The van der Waals surface area contributed by atoms with Crippen molar-refractivity contribution in [2.24, 2.45) is 7.05 Å². The molecule has 0 aliphatic carbocycles. The van der Waals surface area contributed by atoms with Gasteiger partial charge in [0.05, 0.1) is 23.0 Å². The fourth-order valence-electron chi connectivity index (χ4n) is 3.96. The van der Waals surface area contributed by atoms with E-state index in [0.717, 1.165) is 35.2 Å². The molecule has 0 radical (unpaired) electrons. The molecular weight excluding hydrogens is 484 g/mol. The predicted octanol–water partition coefficient (Wildman–Crippen LogP) is 6.82. The van der Waals surface area contributed by atoms with Gasteiger partial charge in [0.25, 0.3) is 5.91 Å². The Morgan fingerprint density at radius 3 is 2.46 bits per heavy atom. The first kappa shape index (κ1) is 25.6. The molecule has 188 valence electrons. The van der Waals surface area contributed by atoms with Crippen molar-refractivity contribution < 1.29 is 22.4 Å². The van der Waals surface area contributed by atoms with Crippen LogP contribution in [0.4, 0.5) is 23.2 Å². The van der Waals surface area contributed by atoms with Gasteiger partial charge in [0.2, 0.25) is 0 Å². The maximum atomic E-state index is 13.8. The number of carbonyl (C=O) groups is 1. The molecule has 4 rings (SSSR count). The number of imidazole rings is 1. The zero-order valence-electron chi connectivity index (χ0n) is 20.0. The zero-order chi connectivity index (χ0) is 26.7. The summed E-state index contributed by atoms with van der Waals surface area (Å²) in [5, 5.41) is 2.41. The summed E-state index contributed by atoms with van der Waals surface area (Å²) >= 11 is 0. The number of hydrogen-bond donors (Lipinski definition) is 1. The lowest BCUT2D eigenvalue weighted by Crippen LogP contribution is -2.19. The highest BCUT2D eigenvalue weighted by Crippen LogP contribution is 2.35. The molecule has 0 unspecified atom stereocenters. The second-order valence-corrected chi connectivity index (χ2v) is 8.20. The molecule has 4 aromatic rings. The van der Waals surface area contributed by atoms with E-state index in [4.69, 9.17) is 0 Å². The minimum Gasteiger partial charge on any atom is -0.327 e. The molecule has 37 heavy (non-hydrogen) atoms. The van der Waals surface area contributed by atoms with E-state index in [0.29, 0.717) is 17.0 Å². The minimum absolute atomic E-state index is 0.160. The van der Waals surface area contributed by atoms with Gasteiger partial charge >= 0.3 is 6.18 Å². The summed E-state index contributed by atoms with van der Waals surface area (Å²) in [6, 6.07) is 11.8. The van der Waals surface area contributed by atoms with E-state index in [1.165, 1.54) is 30.3 Å². The van der Waals surface area contributed by atoms with Gasteiger partial charge < -0.3 is 9.88 Å². The normalized spacial score (nSPS) is 11.9. The van der Waals surface area contributed by atoms with Crippen molar-refractivity contribution in [2.75, 3.05) is 5.32 Å². The van der Waals surface area contributed by atoms with E-state index in [9.17, 15) is 22.4 Å². The number of halogens is 4. The van der Waals surface area contributed by atoms with Gasteiger partial charge in [-0.1, -0.05) is 24.8 Å². The molecule has 0 atom stereocenters. The van der Waals surface area contributed by atoms with Crippen LogP contribution in [0.3, 0.4) is 0 Å². The third-order valence-corrected chi connectivity index (χ3v) is 5.78. The number of pyridine rings is 1. The fraction of sp³-hybridized carbons (Fsp3) is 0.107. The Bertz CT molecular complexity index is 1500. The third kappa shape index (κ3) is 5.35. The molecule has 0 bridgehead atoms. The second-order valence-electron chi connectivity index (χ2n) is 8.20. The molecule has 1 N–H and O–H groups in total. The summed E-state index contributed by atoms with van der Waals surface area (Å²) in [7, 11) is 1.78. The SMILES string of the molecule is C=C/C=C(/c1ccc(C(F)(F)F)c(C(=O)Nc2ccc(F)cc2)c1)c1ncc(-c2cccnc2C)n1C. The van der Waals surface area contributed by atoms with Crippen LogP contribution in [0.15, 0.2) is 85.7 Å². The van der Waals surface area contributed by atoms with Crippen molar-refractivity contribution in [1.82, 2.24) is 14.5 Å². The Morgan fingerprint density at radius 1 is 1.08 bits per heavy atom. The number of benzene rings is 2. The smallest absolute Gasteiger partial charge is 0.327 e. The van der Waals surface area contributed by atoms with Gasteiger partial charge in [0.1, 0.15) is 11.6 Å². The Kier molecular flexibility index (Phi) is 7.06. The zero-order valence-corrected chi connectivity index (χ0v) is 20.0. The topological polar surface area (TPSA) is 59.8 Å². The van der Waals surface area contributed by atoms with E-state index < -0.39 is 29.0 Å². The van der Waals surface area contributed by atoms with Crippen molar-refractivity contribution in [1.29, 1.82) is 0 Å². The summed E-state index contributed by atoms with van der Waals surface area (Å²) in [6.07, 6.45) is 1.67. The Labute approximate surface area is 210 Å². The molecule has 0 saturated carbocycles. The molecule has 0 aliphatic rings. The van der Waals surface area contributed by atoms with Crippen LogP contribution in [0, 0.1) is 12.7 Å². The van der Waals surface area contributed by atoms with Crippen LogP contribution < -0.4 is 5.32 Å². The predicted molar refractivity (Wildman–Crippen MR) is 134 cm³/mol. The summed E-state index contributed by atoms with van der Waals surface area (Å²) in [4.78, 5) is 21.8. The number of anilines is 1. The van der Waals surface area contributed by atoms with Gasteiger partial charge in [-0.25, -0.2) is 9.37 Å². The van der Waals surface area contributed by atoms with Crippen LogP contribution in [0.2, 0.25) is 0 Å². The molecule has 1 amide bonds. The van der Waals surface area contributed by atoms with E-state index in [1.807, 2.05) is 13.0 Å². The van der Waals surface area contributed by atoms with Gasteiger partial charge in [-0.3, -0.25) is 9.78 Å². The van der Waals surface area contributed by atoms with Crippen LogP contribution in [0.5, 0.6) is 0 Å². The first-order valence-electron chi connectivity index (χ1n) is 11.2. The molecule has 0 aliphatic heterocycles. The average Bonchev–Trinajstić information content (AvgIpc) is 3.24. The van der Waals surface area contributed by atoms with Crippen molar-refractivity contribution >= 4 is 17.2 Å². The molecular formula is C28H22F4N4O. The number of aromatic nitrogens is 3. The lowest BCUT2D eigenvalue weighted by atomic mass is 9.97. The molecule has 2 aromatic carbocycles. The number of rotatable bonds is 6. The van der Waals surface area contributed by atoms with Crippen molar-refractivity contribution in [3.8, 4) is 11.3 Å². The van der Waals surface area contributed by atoms with Crippen molar-refractivity contribution in [2.45, 2.75) is 13.1 Å². The highest BCUT2D eigenvalue weighted by atomic mass is 19.4. The Morgan fingerprint density at radius 2 is 1.81 bits per heavy atom. The van der Waals surface area contributed by atoms with E-state index in [1.54, 1.807) is 36.2 Å². The average molecular weight is 507 g/mol. The Balaban J connectivity index is 1.80. The van der Waals surface area contributed by atoms with Crippen molar-refractivity contribution in [3.05, 3.63) is 120 Å². The summed E-state index contributed by atoms with van der Waals surface area (Å²) in [5.41, 5.74) is 1.69. The second kappa shape index (κ2) is 10.2. The van der Waals surface area contributed by atoms with Crippen LogP contribution in [-0.4, -0.2) is 20.4 Å². The monoisotopic (exact) mass is 506 g/mol. The number of hydrogen-bond acceptors (Lipinski definition) is 3. The van der Waals surface area contributed by atoms with E-state index in [2.05, 4.69) is 21.9 Å². The van der Waals surface area contributed by atoms with Crippen LogP contribution in [0.25, 0.3) is 16.8 Å². The molecule has 9 heteroatoms. The standard InChI is InChI=1S/C28H22F4N4O/c1-4-6-22(26-34-16-25(36(26)3)21-7-5-14-33-17(21)2)18-8-13-24(28(30,31)32)23(15-18)27(37)35-20-11-9-19(29)10-12-20/h4-16H,1H2,2-3H3,(H,35,37)/b22-6-. The first-order valence-corrected chi connectivity index (χ1v) is 11.2. The number of nitrogens with zero attached hydrogens (tertiary/aromatic N) is 3. The molecule has 5 nitrogen and oxygen atoms in total. The minimum atomic E-state index is -4.77. The number of alkyl halides is 3. The van der Waals surface area contributed by atoms with Crippen LogP contribution >= 0.6 is 0 Å². The largest absolute Gasteiger partial charge is 0.417 e. The van der Waals surface area contributed by atoms with Crippen LogP contribution in [-0.2, 0) is 13.2 Å². The lowest BCUT2D eigenvalue weighted by Gasteiger charge is -2.16. The first-order chi connectivity index (χ1) is 17.6. The quantitative estimate of drug-likeness (QED) is 0.231. The third-order valence-electron chi connectivity index (χ3n) is 5.78. The molecule has 2 heterocycles. The maximum absolute atomic E-state index is 13.8. The molecule has 2 aromatic heterocycles. The Hall–Kier alpha value is -4.53. The molecule has 0 saturated heterocycles. The van der Waals surface area contributed by atoms with Gasteiger partial charge in [0.15, 0.2) is 0 Å². The number of amides is 1. The van der Waals surface area contributed by atoms with E-state index >= 15 is 0 Å². The fourth-order valence-corrected chi connectivity index (χ4v) is 3.96. The summed E-state index contributed by atoms with van der Waals surface area (Å²) in [5.74, 6) is -1.06.